The van der Waals surface area contributed by atoms with Crippen molar-refractivity contribution in [3.8, 4) is 0 Å². The van der Waals surface area contributed by atoms with Gasteiger partial charge in [-0.3, -0.25) is 4.79 Å². The van der Waals surface area contributed by atoms with E-state index in [1.165, 1.54) is 16.9 Å². The smallest absolute Gasteiger partial charge is 0.321 e. The van der Waals surface area contributed by atoms with Crippen LogP contribution >= 0.6 is 0 Å². The summed E-state index contributed by atoms with van der Waals surface area (Å²) in [6.07, 6.45) is 4.27. The molecule has 1 aliphatic heterocycles. The van der Waals surface area contributed by atoms with Crippen molar-refractivity contribution >= 4 is 23.3 Å². The topological polar surface area (TPSA) is 64.7 Å². The highest BCUT2D eigenvalue weighted by Crippen LogP contribution is 2.27. The van der Waals surface area contributed by atoms with Gasteiger partial charge in [0.15, 0.2) is 0 Å². The zero-order valence-electron chi connectivity index (χ0n) is 17.3. The Morgan fingerprint density at radius 2 is 1.72 bits per heavy atom. The Bertz CT molecular complexity index is 830. The zero-order valence-corrected chi connectivity index (χ0v) is 17.3. The van der Waals surface area contributed by atoms with Gasteiger partial charge in [0.1, 0.15) is 0 Å². The molecular formula is C23H30N4O2. The van der Waals surface area contributed by atoms with Crippen LogP contribution in [0.15, 0.2) is 48.5 Å². The first kappa shape index (κ1) is 20.7. The molecule has 1 fully saturated rings. The number of amides is 3. The Morgan fingerprint density at radius 3 is 2.41 bits per heavy atom. The number of carbonyl (C=O) groups is 2. The number of urea groups is 1. The summed E-state index contributed by atoms with van der Waals surface area (Å²) in [5.74, 6) is -0.109. The number of hydrogen-bond acceptors (Lipinski definition) is 3. The molecular weight excluding hydrogens is 364 g/mol. The second kappa shape index (κ2) is 9.96. The number of hydrogen-bond donors (Lipinski definition) is 2. The van der Waals surface area contributed by atoms with Crippen molar-refractivity contribution in [2.75, 3.05) is 43.9 Å². The van der Waals surface area contributed by atoms with Gasteiger partial charge in [-0.1, -0.05) is 30.3 Å². The molecule has 0 atom stereocenters. The molecule has 0 aliphatic carbocycles. The maximum atomic E-state index is 13.0. The van der Waals surface area contributed by atoms with Crippen molar-refractivity contribution < 1.29 is 9.59 Å². The van der Waals surface area contributed by atoms with Crippen molar-refractivity contribution in [3.63, 3.8) is 0 Å². The summed E-state index contributed by atoms with van der Waals surface area (Å²) in [7, 11) is 3.38. The van der Waals surface area contributed by atoms with Crippen LogP contribution in [0.3, 0.4) is 0 Å². The first-order valence-electron chi connectivity index (χ1n) is 10.2. The second-order valence-electron chi connectivity index (χ2n) is 7.60. The van der Waals surface area contributed by atoms with E-state index < -0.39 is 0 Å². The van der Waals surface area contributed by atoms with Gasteiger partial charge in [0.05, 0.1) is 5.56 Å². The third-order valence-corrected chi connectivity index (χ3v) is 5.14. The largest absolute Gasteiger partial charge is 0.371 e. The minimum absolute atomic E-state index is 0.109. The number of nitrogens with one attached hydrogen (secondary N) is 2. The predicted molar refractivity (Wildman–Crippen MR) is 118 cm³/mol. The lowest BCUT2D eigenvalue weighted by atomic mass is 10.1. The van der Waals surface area contributed by atoms with Crippen LogP contribution in [0.2, 0.25) is 0 Å². The summed E-state index contributed by atoms with van der Waals surface area (Å²) < 4.78 is 0. The minimum Gasteiger partial charge on any atom is -0.371 e. The molecule has 2 aromatic rings. The van der Waals surface area contributed by atoms with E-state index >= 15 is 0 Å². The monoisotopic (exact) mass is 394 g/mol. The Hall–Kier alpha value is -3.02. The highest BCUT2D eigenvalue weighted by Gasteiger charge is 2.19. The van der Waals surface area contributed by atoms with Gasteiger partial charge >= 0.3 is 6.03 Å². The Labute approximate surface area is 172 Å². The number of rotatable bonds is 6. The molecule has 0 saturated carbocycles. The highest BCUT2D eigenvalue weighted by molar-refractivity contribution is 6.02. The van der Waals surface area contributed by atoms with E-state index in [9.17, 15) is 9.59 Å². The van der Waals surface area contributed by atoms with Gasteiger partial charge in [0.2, 0.25) is 0 Å². The van der Waals surface area contributed by atoms with Crippen molar-refractivity contribution in [2.45, 2.75) is 25.7 Å². The van der Waals surface area contributed by atoms with Crippen LogP contribution in [0.1, 0.15) is 35.2 Å². The lowest BCUT2D eigenvalue weighted by Gasteiger charge is -2.30. The Morgan fingerprint density at radius 1 is 1.00 bits per heavy atom. The molecule has 1 heterocycles. The maximum absolute atomic E-state index is 13.0. The van der Waals surface area contributed by atoms with E-state index in [0.29, 0.717) is 17.8 Å². The van der Waals surface area contributed by atoms with Crippen LogP contribution in [-0.2, 0) is 6.42 Å². The fourth-order valence-electron chi connectivity index (χ4n) is 3.50. The SMILES string of the molecule is CN(C)C(=O)Nc1ccc(N2CCCCC2)c(C(=O)NCCc2ccccc2)c1. The summed E-state index contributed by atoms with van der Waals surface area (Å²) in [5.41, 5.74) is 3.36. The molecule has 29 heavy (non-hydrogen) atoms. The van der Waals surface area contributed by atoms with E-state index in [1.54, 1.807) is 20.2 Å². The van der Waals surface area contributed by atoms with Gasteiger partial charge in [-0.25, -0.2) is 4.79 Å². The number of piperidine rings is 1. The van der Waals surface area contributed by atoms with Crippen LogP contribution in [-0.4, -0.2) is 50.6 Å². The molecule has 2 N–H and O–H groups in total. The van der Waals surface area contributed by atoms with Gasteiger partial charge in [0, 0.05) is 45.1 Å². The normalized spacial score (nSPS) is 13.7. The van der Waals surface area contributed by atoms with Crippen molar-refractivity contribution in [2.24, 2.45) is 0 Å². The Balaban J connectivity index is 1.76. The number of benzene rings is 2. The van der Waals surface area contributed by atoms with Gasteiger partial charge in [-0.15, -0.1) is 0 Å². The van der Waals surface area contributed by atoms with Gasteiger partial charge in [-0.05, 0) is 49.4 Å². The summed E-state index contributed by atoms with van der Waals surface area (Å²) in [5, 5.41) is 5.88. The summed E-state index contributed by atoms with van der Waals surface area (Å²) >= 11 is 0. The van der Waals surface area contributed by atoms with Crippen LogP contribution in [0, 0.1) is 0 Å². The third kappa shape index (κ3) is 5.73. The molecule has 0 radical (unpaired) electrons. The molecule has 1 aliphatic rings. The molecule has 3 amide bonds. The zero-order chi connectivity index (χ0) is 20.6. The van der Waals surface area contributed by atoms with Crippen LogP contribution in [0.4, 0.5) is 16.2 Å². The number of carbonyl (C=O) groups excluding carboxylic acids is 2. The fourth-order valence-corrected chi connectivity index (χ4v) is 3.50. The molecule has 1 saturated heterocycles. The predicted octanol–water partition coefficient (Wildman–Crippen LogP) is 3.74. The summed E-state index contributed by atoms with van der Waals surface area (Å²) in [6.45, 7) is 2.47. The van der Waals surface area contributed by atoms with E-state index in [-0.39, 0.29) is 11.9 Å². The van der Waals surface area contributed by atoms with E-state index in [4.69, 9.17) is 0 Å². The number of anilines is 2. The fraction of sp³-hybridized carbons (Fsp3) is 0.391. The van der Waals surface area contributed by atoms with E-state index in [0.717, 1.165) is 38.0 Å². The molecule has 6 heteroatoms. The lowest BCUT2D eigenvalue weighted by Crippen LogP contribution is -2.33. The Kier molecular flexibility index (Phi) is 7.11. The molecule has 0 bridgehead atoms. The standard InChI is InChI=1S/C23H30N4O2/c1-26(2)23(29)25-19-11-12-21(27-15-7-4-8-16-27)20(17-19)22(28)24-14-13-18-9-5-3-6-10-18/h3,5-6,9-12,17H,4,7-8,13-16H2,1-2H3,(H,24,28)(H,25,29). The summed E-state index contributed by atoms with van der Waals surface area (Å²) in [4.78, 5) is 28.8. The minimum atomic E-state index is -0.217. The molecule has 3 rings (SSSR count). The van der Waals surface area contributed by atoms with Crippen molar-refractivity contribution in [1.29, 1.82) is 0 Å². The van der Waals surface area contributed by atoms with Crippen LogP contribution in [0.25, 0.3) is 0 Å². The van der Waals surface area contributed by atoms with Gasteiger partial charge in [-0.2, -0.15) is 0 Å². The molecule has 6 nitrogen and oxygen atoms in total. The lowest BCUT2D eigenvalue weighted by molar-refractivity contribution is 0.0954. The van der Waals surface area contributed by atoms with Gasteiger partial charge < -0.3 is 20.4 Å². The first-order valence-corrected chi connectivity index (χ1v) is 10.2. The highest BCUT2D eigenvalue weighted by atomic mass is 16.2. The molecule has 0 spiro atoms. The van der Waals surface area contributed by atoms with Crippen LogP contribution < -0.4 is 15.5 Å². The average Bonchev–Trinajstić information content (AvgIpc) is 2.75. The molecule has 0 unspecified atom stereocenters. The van der Waals surface area contributed by atoms with Crippen molar-refractivity contribution in [3.05, 3.63) is 59.7 Å². The molecule has 154 valence electrons. The number of nitrogens with zero attached hydrogens (tertiary/aromatic N) is 2. The second-order valence-corrected chi connectivity index (χ2v) is 7.60. The molecule has 2 aromatic carbocycles. The quantitative estimate of drug-likeness (QED) is 0.784. The maximum Gasteiger partial charge on any atom is 0.321 e. The van der Waals surface area contributed by atoms with Crippen molar-refractivity contribution in [1.82, 2.24) is 10.2 Å². The van der Waals surface area contributed by atoms with Gasteiger partial charge in [0.25, 0.3) is 5.91 Å². The average molecular weight is 395 g/mol. The summed E-state index contributed by atoms with van der Waals surface area (Å²) in [6, 6.07) is 15.5. The van der Waals surface area contributed by atoms with E-state index in [2.05, 4.69) is 27.7 Å². The molecule has 0 aromatic heterocycles. The third-order valence-electron chi connectivity index (χ3n) is 5.14. The van der Waals surface area contributed by atoms with E-state index in [1.807, 2.05) is 30.3 Å². The first-order chi connectivity index (χ1) is 14.0. The van der Waals surface area contributed by atoms with Crippen LogP contribution in [0.5, 0.6) is 0 Å².